The van der Waals surface area contributed by atoms with E-state index in [1.807, 2.05) is 0 Å². The topological polar surface area (TPSA) is 0 Å². The van der Waals surface area contributed by atoms with Gasteiger partial charge in [0.2, 0.25) is 0 Å². The molecule has 1 atom stereocenters. The van der Waals surface area contributed by atoms with Gasteiger partial charge < -0.3 is 0 Å². The lowest BCUT2D eigenvalue weighted by Gasteiger charge is -2.08. The molecule has 54 valence electrons. The van der Waals surface area contributed by atoms with E-state index in [9.17, 15) is 0 Å². The highest BCUT2D eigenvalue weighted by molar-refractivity contribution is 14.1. The summed E-state index contributed by atoms with van der Waals surface area (Å²) >= 11 is 2.47. The van der Waals surface area contributed by atoms with Crippen LogP contribution in [0.5, 0.6) is 0 Å². The molecule has 0 heterocycles. The summed E-state index contributed by atoms with van der Waals surface area (Å²) in [6, 6.07) is 0. The van der Waals surface area contributed by atoms with Gasteiger partial charge in [0.25, 0.3) is 0 Å². The molecule has 0 fully saturated rings. The van der Waals surface area contributed by atoms with Gasteiger partial charge in [0.05, 0.1) is 0 Å². The van der Waals surface area contributed by atoms with E-state index in [4.69, 9.17) is 0 Å². The lowest BCUT2D eigenvalue weighted by Crippen LogP contribution is -1.98. The molecular formula is C8H15I. The molecule has 0 saturated carbocycles. The molecule has 0 aromatic heterocycles. The summed E-state index contributed by atoms with van der Waals surface area (Å²) in [5.41, 5.74) is 1.39. The third kappa shape index (κ3) is 3.95. The highest BCUT2D eigenvalue weighted by atomic mass is 127. The van der Waals surface area contributed by atoms with E-state index in [0.717, 1.165) is 6.42 Å². The van der Waals surface area contributed by atoms with E-state index < -0.39 is 0 Å². The van der Waals surface area contributed by atoms with Gasteiger partial charge in [-0.1, -0.05) is 55.0 Å². The number of hydrogen-bond donors (Lipinski definition) is 0. The number of alkyl halides is 1. The number of hydrogen-bond acceptors (Lipinski definition) is 0. The van der Waals surface area contributed by atoms with E-state index in [1.165, 1.54) is 18.4 Å². The fourth-order valence-corrected chi connectivity index (χ4v) is 1.74. The summed E-state index contributed by atoms with van der Waals surface area (Å²) in [6.07, 6.45) is 3.69. The molecule has 0 spiro atoms. The monoisotopic (exact) mass is 238 g/mol. The van der Waals surface area contributed by atoms with Crippen LogP contribution in [0, 0.1) is 0 Å². The van der Waals surface area contributed by atoms with Gasteiger partial charge in [-0.15, -0.1) is 0 Å². The molecular weight excluding hydrogens is 223 g/mol. The average molecular weight is 238 g/mol. The maximum atomic E-state index is 3.98. The SMILES string of the molecule is C=C(CC)C(I)CCC. The predicted octanol–water partition coefficient (Wildman–Crippen LogP) is 3.56. The Hall–Kier alpha value is 0.470. The molecule has 0 saturated heterocycles. The summed E-state index contributed by atoms with van der Waals surface area (Å²) in [5.74, 6) is 0. The van der Waals surface area contributed by atoms with Crippen molar-refractivity contribution in [1.82, 2.24) is 0 Å². The quantitative estimate of drug-likeness (QED) is 0.399. The molecule has 0 aliphatic rings. The van der Waals surface area contributed by atoms with Crippen LogP contribution in [0.4, 0.5) is 0 Å². The van der Waals surface area contributed by atoms with E-state index >= 15 is 0 Å². The Kier molecular flexibility index (Phi) is 5.55. The van der Waals surface area contributed by atoms with E-state index in [1.54, 1.807) is 0 Å². The average Bonchev–Trinajstić information content (AvgIpc) is 1.87. The van der Waals surface area contributed by atoms with Crippen LogP contribution in [0.15, 0.2) is 12.2 Å². The summed E-state index contributed by atoms with van der Waals surface area (Å²) in [5, 5.41) is 0. The van der Waals surface area contributed by atoms with Gasteiger partial charge in [0.15, 0.2) is 0 Å². The predicted molar refractivity (Wildman–Crippen MR) is 52.1 cm³/mol. The molecule has 0 bridgehead atoms. The molecule has 0 aromatic rings. The van der Waals surface area contributed by atoms with Crippen LogP contribution in [0.3, 0.4) is 0 Å². The summed E-state index contributed by atoms with van der Waals surface area (Å²) in [7, 11) is 0. The van der Waals surface area contributed by atoms with E-state index in [0.29, 0.717) is 3.92 Å². The third-order valence-electron chi connectivity index (χ3n) is 1.44. The lowest BCUT2D eigenvalue weighted by atomic mass is 10.1. The van der Waals surface area contributed by atoms with E-state index in [2.05, 4.69) is 43.0 Å². The van der Waals surface area contributed by atoms with Crippen LogP contribution >= 0.6 is 22.6 Å². The first-order chi connectivity index (χ1) is 4.22. The first-order valence-electron chi connectivity index (χ1n) is 3.54. The minimum absolute atomic E-state index is 0.706. The Bertz CT molecular complexity index is 86.6. The Morgan fingerprint density at radius 2 is 2.11 bits per heavy atom. The van der Waals surface area contributed by atoms with Crippen LogP contribution in [-0.2, 0) is 0 Å². The van der Waals surface area contributed by atoms with Crippen molar-refractivity contribution >= 4 is 22.6 Å². The molecule has 0 rings (SSSR count). The Balaban J connectivity index is 3.45. The Morgan fingerprint density at radius 1 is 1.56 bits per heavy atom. The molecule has 9 heavy (non-hydrogen) atoms. The van der Waals surface area contributed by atoms with Gasteiger partial charge in [-0.25, -0.2) is 0 Å². The second-order valence-electron chi connectivity index (χ2n) is 2.27. The van der Waals surface area contributed by atoms with Gasteiger partial charge in [-0.2, -0.15) is 0 Å². The Morgan fingerprint density at radius 3 is 2.44 bits per heavy atom. The molecule has 0 aliphatic heterocycles. The third-order valence-corrected chi connectivity index (χ3v) is 2.94. The van der Waals surface area contributed by atoms with Gasteiger partial charge >= 0.3 is 0 Å². The normalized spacial score (nSPS) is 13.2. The fraction of sp³-hybridized carbons (Fsp3) is 0.750. The summed E-state index contributed by atoms with van der Waals surface area (Å²) in [4.78, 5) is 0. The molecule has 0 N–H and O–H groups in total. The number of rotatable bonds is 4. The Labute approximate surface area is 71.9 Å². The van der Waals surface area contributed by atoms with Crippen LogP contribution in [0.1, 0.15) is 33.1 Å². The van der Waals surface area contributed by atoms with Gasteiger partial charge in [-0.3, -0.25) is 0 Å². The van der Waals surface area contributed by atoms with E-state index in [-0.39, 0.29) is 0 Å². The van der Waals surface area contributed by atoms with Crippen molar-refractivity contribution in [3.05, 3.63) is 12.2 Å². The highest BCUT2D eigenvalue weighted by Gasteiger charge is 2.03. The number of halogens is 1. The van der Waals surface area contributed by atoms with Crippen molar-refractivity contribution in [2.75, 3.05) is 0 Å². The second kappa shape index (κ2) is 5.27. The maximum Gasteiger partial charge on any atom is 0.0315 e. The molecule has 0 radical (unpaired) electrons. The van der Waals surface area contributed by atoms with Crippen LogP contribution < -0.4 is 0 Å². The van der Waals surface area contributed by atoms with Gasteiger partial charge in [0.1, 0.15) is 0 Å². The van der Waals surface area contributed by atoms with Crippen molar-refractivity contribution in [2.24, 2.45) is 0 Å². The zero-order valence-corrected chi connectivity index (χ0v) is 8.44. The molecule has 0 aliphatic carbocycles. The van der Waals surface area contributed by atoms with Crippen molar-refractivity contribution in [3.63, 3.8) is 0 Å². The molecule has 0 amide bonds. The largest absolute Gasteiger partial charge is 0.0988 e. The molecule has 0 aromatic carbocycles. The van der Waals surface area contributed by atoms with Crippen molar-refractivity contribution in [3.8, 4) is 0 Å². The molecule has 1 heteroatoms. The summed E-state index contributed by atoms with van der Waals surface area (Å²) in [6.45, 7) is 8.37. The number of allylic oxidation sites excluding steroid dienone is 1. The zero-order chi connectivity index (χ0) is 7.28. The van der Waals surface area contributed by atoms with Crippen molar-refractivity contribution < 1.29 is 0 Å². The van der Waals surface area contributed by atoms with Crippen LogP contribution in [-0.4, -0.2) is 3.92 Å². The maximum absolute atomic E-state index is 3.98. The molecule has 0 nitrogen and oxygen atoms in total. The van der Waals surface area contributed by atoms with Crippen molar-refractivity contribution in [2.45, 2.75) is 37.0 Å². The second-order valence-corrected chi connectivity index (χ2v) is 3.77. The van der Waals surface area contributed by atoms with Crippen molar-refractivity contribution in [1.29, 1.82) is 0 Å². The highest BCUT2D eigenvalue weighted by Crippen LogP contribution is 2.18. The minimum atomic E-state index is 0.706. The summed E-state index contributed by atoms with van der Waals surface area (Å²) < 4.78 is 0.706. The zero-order valence-electron chi connectivity index (χ0n) is 6.28. The smallest absolute Gasteiger partial charge is 0.0315 e. The molecule has 1 unspecified atom stereocenters. The lowest BCUT2D eigenvalue weighted by molar-refractivity contribution is 0.802. The van der Waals surface area contributed by atoms with Crippen LogP contribution in [0.2, 0.25) is 0 Å². The fourth-order valence-electron chi connectivity index (χ4n) is 0.679. The van der Waals surface area contributed by atoms with Gasteiger partial charge in [-0.05, 0) is 12.8 Å². The standard InChI is InChI=1S/C8H15I/c1-4-6-8(9)7(3)5-2/h8H,3-6H2,1-2H3. The van der Waals surface area contributed by atoms with Crippen LogP contribution in [0.25, 0.3) is 0 Å². The first-order valence-corrected chi connectivity index (χ1v) is 4.78. The van der Waals surface area contributed by atoms with Gasteiger partial charge in [0, 0.05) is 3.92 Å². The first kappa shape index (κ1) is 9.47. The minimum Gasteiger partial charge on any atom is -0.0988 e.